The van der Waals surface area contributed by atoms with Crippen LogP contribution in [0.15, 0.2) is 34.1 Å². The average Bonchev–Trinajstić information content (AvgIpc) is 3.29. The number of nitrogens with zero attached hydrogens (tertiary/aromatic N) is 1. The molecular formula is C17H17N3O6S. The Balaban J connectivity index is 1.74. The van der Waals surface area contributed by atoms with Crippen molar-refractivity contribution in [1.29, 1.82) is 0 Å². The van der Waals surface area contributed by atoms with E-state index in [-0.39, 0.29) is 36.7 Å². The third-order valence-corrected chi connectivity index (χ3v) is 4.63. The molecule has 0 unspecified atom stereocenters. The number of nitrogens with one attached hydrogen (secondary N) is 2. The lowest BCUT2D eigenvalue weighted by Crippen LogP contribution is -2.45. The summed E-state index contributed by atoms with van der Waals surface area (Å²) in [6.45, 7) is 3.32. The highest BCUT2D eigenvalue weighted by atomic mass is 32.1. The first kappa shape index (κ1) is 18.6. The van der Waals surface area contributed by atoms with Crippen molar-refractivity contribution < 1.29 is 28.3 Å². The van der Waals surface area contributed by atoms with Gasteiger partial charge in [-0.25, -0.2) is 19.4 Å². The molecule has 2 N–H and O–H groups in total. The van der Waals surface area contributed by atoms with E-state index in [1.807, 2.05) is 0 Å². The van der Waals surface area contributed by atoms with E-state index in [9.17, 15) is 14.4 Å². The number of furan rings is 1. The smallest absolute Gasteiger partial charge is 0.358 e. The second kappa shape index (κ2) is 8.04. The van der Waals surface area contributed by atoms with E-state index >= 15 is 0 Å². The van der Waals surface area contributed by atoms with Gasteiger partial charge in [-0.15, -0.1) is 11.3 Å². The number of esters is 2. The lowest BCUT2D eigenvalue weighted by molar-refractivity contribution is -0.138. The summed E-state index contributed by atoms with van der Waals surface area (Å²) < 4.78 is 15.5. The van der Waals surface area contributed by atoms with Gasteiger partial charge in [0.05, 0.1) is 30.7 Å². The molecule has 0 aliphatic carbocycles. The molecule has 0 fully saturated rings. The second-order valence-electron chi connectivity index (χ2n) is 5.46. The van der Waals surface area contributed by atoms with E-state index in [2.05, 4.69) is 15.6 Å². The number of hydrogen-bond acceptors (Lipinski definition) is 8. The van der Waals surface area contributed by atoms with Crippen molar-refractivity contribution in [2.75, 3.05) is 19.8 Å². The maximum atomic E-state index is 12.4. The Morgan fingerprint density at radius 3 is 2.85 bits per heavy atom. The Morgan fingerprint density at radius 2 is 2.15 bits per heavy atom. The van der Waals surface area contributed by atoms with Gasteiger partial charge in [0.1, 0.15) is 6.61 Å². The zero-order valence-corrected chi connectivity index (χ0v) is 15.5. The fourth-order valence-corrected chi connectivity index (χ4v) is 3.24. The van der Waals surface area contributed by atoms with Crippen LogP contribution in [0.1, 0.15) is 22.3 Å². The maximum absolute atomic E-state index is 12.4. The Morgan fingerprint density at radius 1 is 1.33 bits per heavy atom. The van der Waals surface area contributed by atoms with Gasteiger partial charge in [0.25, 0.3) is 0 Å². The molecule has 3 rings (SSSR count). The minimum Gasteiger partial charge on any atom is -0.463 e. The van der Waals surface area contributed by atoms with Crippen LogP contribution in [0.3, 0.4) is 0 Å². The largest absolute Gasteiger partial charge is 0.463 e. The number of aromatic nitrogens is 1. The summed E-state index contributed by atoms with van der Waals surface area (Å²) in [4.78, 5) is 40.8. The molecule has 1 aliphatic rings. The fourth-order valence-electron chi connectivity index (χ4n) is 2.37. The average molecular weight is 391 g/mol. The number of amides is 2. The zero-order chi connectivity index (χ0) is 19.4. The summed E-state index contributed by atoms with van der Waals surface area (Å²) in [5.74, 6) is -0.689. The maximum Gasteiger partial charge on any atom is 0.358 e. The quantitative estimate of drug-likeness (QED) is 0.723. The third-order valence-electron chi connectivity index (χ3n) is 3.65. The minimum atomic E-state index is -0.662. The van der Waals surface area contributed by atoms with Gasteiger partial charge < -0.3 is 24.5 Å². The molecule has 142 valence electrons. The van der Waals surface area contributed by atoms with E-state index in [1.54, 1.807) is 26.0 Å². The molecule has 0 saturated carbocycles. The molecule has 2 aromatic rings. The molecule has 0 radical (unpaired) electrons. The van der Waals surface area contributed by atoms with Crippen LogP contribution in [-0.2, 0) is 14.3 Å². The number of carbonyl (C=O) groups excluding carboxylic acids is 3. The van der Waals surface area contributed by atoms with Gasteiger partial charge in [-0.1, -0.05) is 0 Å². The SMILES string of the molecule is CCOC(=O)C1=C(COC(=O)c2nc(-c3ccco3)sc2C)NC(=O)NC1. The molecule has 2 amide bonds. The van der Waals surface area contributed by atoms with Crippen LogP contribution < -0.4 is 10.6 Å². The second-order valence-corrected chi connectivity index (χ2v) is 6.67. The van der Waals surface area contributed by atoms with Gasteiger partial charge in [-0.05, 0) is 26.0 Å². The molecule has 0 atom stereocenters. The van der Waals surface area contributed by atoms with Crippen molar-refractivity contribution in [2.24, 2.45) is 0 Å². The topological polar surface area (TPSA) is 120 Å². The molecule has 1 aliphatic heterocycles. The summed E-state index contributed by atoms with van der Waals surface area (Å²) >= 11 is 1.30. The van der Waals surface area contributed by atoms with Crippen molar-refractivity contribution in [1.82, 2.24) is 15.6 Å². The fraction of sp³-hybridized carbons (Fsp3) is 0.294. The highest BCUT2D eigenvalue weighted by molar-refractivity contribution is 7.15. The number of carbonyl (C=O) groups is 3. The minimum absolute atomic E-state index is 0.00405. The molecule has 27 heavy (non-hydrogen) atoms. The normalized spacial score (nSPS) is 13.8. The van der Waals surface area contributed by atoms with Crippen LogP contribution >= 0.6 is 11.3 Å². The molecule has 3 heterocycles. The first-order valence-corrected chi connectivity index (χ1v) is 8.93. The Hall–Kier alpha value is -3.14. The van der Waals surface area contributed by atoms with Gasteiger partial charge in [-0.3, -0.25) is 0 Å². The first-order valence-electron chi connectivity index (χ1n) is 8.12. The molecule has 0 saturated heterocycles. The lowest BCUT2D eigenvalue weighted by atomic mass is 10.2. The van der Waals surface area contributed by atoms with Crippen LogP contribution in [0.4, 0.5) is 4.79 Å². The van der Waals surface area contributed by atoms with Crippen LogP contribution in [-0.4, -0.2) is 42.7 Å². The molecule has 2 aromatic heterocycles. The molecular weight excluding hydrogens is 374 g/mol. The van der Waals surface area contributed by atoms with Gasteiger partial charge in [0.2, 0.25) is 0 Å². The predicted octanol–water partition coefficient (Wildman–Crippen LogP) is 2.00. The number of urea groups is 1. The number of ether oxygens (including phenoxy) is 2. The Kier molecular flexibility index (Phi) is 5.55. The number of aryl methyl sites for hydroxylation is 1. The van der Waals surface area contributed by atoms with E-state index in [1.165, 1.54) is 17.6 Å². The summed E-state index contributed by atoms with van der Waals surface area (Å²) in [5, 5.41) is 5.51. The van der Waals surface area contributed by atoms with E-state index < -0.39 is 18.0 Å². The number of hydrogen-bond donors (Lipinski definition) is 2. The van der Waals surface area contributed by atoms with Gasteiger partial charge in [-0.2, -0.15) is 0 Å². The molecule has 0 aromatic carbocycles. The Bertz CT molecular complexity index is 900. The highest BCUT2D eigenvalue weighted by Gasteiger charge is 2.25. The summed E-state index contributed by atoms with van der Waals surface area (Å²) in [6.07, 6.45) is 1.52. The third kappa shape index (κ3) is 4.17. The molecule has 0 bridgehead atoms. The number of rotatable bonds is 6. The predicted molar refractivity (Wildman–Crippen MR) is 95.0 cm³/mol. The van der Waals surface area contributed by atoms with Gasteiger partial charge in [0.15, 0.2) is 16.5 Å². The Labute approximate surface area is 158 Å². The summed E-state index contributed by atoms with van der Waals surface area (Å²) in [7, 11) is 0. The highest BCUT2D eigenvalue weighted by Crippen LogP contribution is 2.28. The molecule has 0 spiro atoms. The first-order chi connectivity index (χ1) is 13.0. The van der Waals surface area contributed by atoms with E-state index in [0.717, 1.165) is 0 Å². The van der Waals surface area contributed by atoms with E-state index in [4.69, 9.17) is 13.9 Å². The van der Waals surface area contributed by atoms with Crippen LogP contribution in [0.2, 0.25) is 0 Å². The zero-order valence-electron chi connectivity index (χ0n) is 14.7. The standard InChI is InChI=1S/C17H17N3O6S/c1-3-24-15(21)10-7-18-17(23)19-11(10)8-26-16(22)13-9(2)27-14(20-13)12-5-4-6-25-12/h4-6H,3,7-8H2,1-2H3,(H2,18,19,23). The van der Waals surface area contributed by atoms with E-state index in [0.29, 0.717) is 15.6 Å². The number of thiazole rings is 1. The van der Waals surface area contributed by atoms with Crippen molar-refractivity contribution in [3.8, 4) is 10.8 Å². The lowest BCUT2D eigenvalue weighted by Gasteiger charge is -2.21. The van der Waals surface area contributed by atoms with Crippen LogP contribution in [0.5, 0.6) is 0 Å². The summed E-state index contributed by atoms with van der Waals surface area (Å²) in [6, 6.07) is 2.99. The van der Waals surface area contributed by atoms with Crippen LogP contribution in [0, 0.1) is 6.92 Å². The van der Waals surface area contributed by atoms with Gasteiger partial charge in [0, 0.05) is 4.88 Å². The molecule has 10 heteroatoms. The monoisotopic (exact) mass is 391 g/mol. The van der Waals surface area contributed by atoms with Crippen molar-refractivity contribution in [2.45, 2.75) is 13.8 Å². The summed E-state index contributed by atoms with van der Waals surface area (Å²) in [5.41, 5.74) is 0.546. The van der Waals surface area contributed by atoms with Gasteiger partial charge >= 0.3 is 18.0 Å². The van der Waals surface area contributed by atoms with Crippen LogP contribution in [0.25, 0.3) is 10.8 Å². The van der Waals surface area contributed by atoms with Crippen molar-refractivity contribution in [3.05, 3.63) is 40.2 Å². The van der Waals surface area contributed by atoms with Crippen molar-refractivity contribution >= 4 is 29.3 Å². The molecule has 9 nitrogen and oxygen atoms in total. The van der Waals surface area contributed by atoms with Crippen molar-refractivity contribution in [3.63, 3.8) is 0 Å².